The molecule has 3 aromatic rings. The predicted octanol–water partition coefficient (Wildman–Crippen LogP) is 5.13. The normalized spacial score (nSPS) is 12.3. The summed E-state index contributed by atoms with van der Waals surface area (Å²) >= 11 is 18.3. The molecule has 1 amide bonds. The minimum absolute atomic E-state index is 0.148. The number of carbonyl (C=O) groups is 1. The third-order valence-corrected chi connectivity index (χ3v) is 5.35. The summed E-state index contributed by atoms with van der Waals surface area (Å²) in [4.78, 5) is 24.3. The van der Waals surface area contributed by atoms with Crippen LogP contribution in [0.3, 0.4) is 0 Å². The molecule has 0 saturated heterocycles. The summed E-state index contributed by atoms with van der Waals surface area (Å²) in [7, 11) is 3.14. The number of carbonyl (C=O) groups excluding carboxylic acids is 1. The summed E-state index contributed by atoms with van der Waals surface area (Å²) in [5.74, 6) is 1.61. The average molecular weight is 516 g/mol. The van der Waals surface area contributed by atoms with Crippen LogP contribution < -0.4 is 25.4 Å². The fraction of sp³-hybridized carbons (Fsp3) is 0.381. The van der Waals surface area contributed by atoms with Crippen LogP contribution >= 0.6 is 34.8 Å². The predicted molar refractivity (Wildman–Crippen MR) is 132 cm³/mol. The molecule has 12 heteroatoms. The van der Waals surface area contributed by atoms with E-state index in [0.29, 0.717) is 35.1 Å². The van der Waals surface area contributed by atoms with Crippen molar-refractivity contribution in [2.24, 2.45) is 0 Å². The largest absolute Gasteiger partial charge is 0.497 e. The molecule has 0 aliphatic heterocycles. The Hall–Kier alpha value is -2.62. The molecule has 2 aromatic heterocycles. The van der Waals surface area contributed by atoms with Gasteiger partial charge in [0.25, 0.3) is 0 Å². The van der Waals surface area contributed by atoms with E-state index in [9.17, 15) is 4.79 Å². The number of halogens is 3. The van der Waals surface area contributed by atoms with E-state index in [0.717, 1.165) is 18.2 Å². The van der Waals surface area contributed by atoms with Crippen molar-refractivity contribution in [3.8, 4) is 11.5 Å². The number of anilines is 3. The quantitative estimate of drug-likeness (QED) is 0.218. The van der Waals surface area contributed by atoms with Crippen molar-refractivity contribution in [3.05, 3.63) is 30.5 Å². The minimum Gasteiger partial charge on any atom is -0.497 e. The van der Waals surface area contributed by atoms with Crippen molar-refractivity contribution in [1.29, 1.82) is 0 Å². The highest BCUT2D eigenvalue weighted by Gasteiger charge is 2.34. The summed E-state index contributed by atoms with van der Waals surface area (Å²) in [6.07, 6.45) is 2.59. The molecule has 3 rings (SSSR count). The van der Waals surface area contributed by atoms with Gasteiger partial charge < -0.3 is 30.4 Å². The number of hydrogen-bond acceptors (Lipinski definition) is 7. The summed E-state index contributed by atoms with van der Waals surface area (Å²) in [6, 6.07) is 7.19. The van der Waals surface area contributed by atoms with Gasteiger partial charge in [-0.3, -0.25) is 4.79 Å². The van der Waals surface area contributed by atoms with Gasteiger partial charge in [-0.05, 0) is 12.5 Å². The van der Waals surface area contributed by atoms with Crippen molar-refractivity contribution < 1.29 is 14.3 Å². The van der Waals surface area contributed by atoms with Gasteiger partial charge in [0.1, 0.15) is 29.1 Å². The van der Waals surface area contributed by atoms with E-state index in [1.807, 2.05) is 13.0 Å². The van der Waals surface area contributed by atoms with E-state index in [-0.39, 0.29) is 11.9 Å². The van der Waals surface area contributed by atoms with Crippen molar-refractivity contribution in [3.63, 3.8) is 0 Å². The first-order valence-corrected chi connectivity index (χ1v) is 11.3. The Balaban J connectivity index is 1.91. The van der Waals surface area contributed by atoms with Crippen LogP contribution in [0.1, 0.15) is 26.2 Å². The van der Waals surface area contributed by atoms with Gasteiger partial charge in [0, 0.05) is 36.5 Å². The number of hydrogen-bond donors (Lipinski definition) is 4. The van der Waals surface area contributed by atoms with Gasteiger partial charge in [0.15, 0.2) is 0 Å². The van der Waals surface area contributed by atoms with E-state index in [4.69, 9.17) is 44.3 Å². The van der Waals surface area contributed by atoms with Crippen LogP contribution in [0.4, 0.5) is 17.5 Å². The lowest BCUT2D eigenvalue weighted by atomic mass is 10.2. The molecule has 33 heavy (non-hydrogen) atoms. The van der Waals surface area contributed by atoms with Crippen LogP contribution in [-0.2, 0) is 4.79 Å². The van der Waals surface area contributed by atoms with Gasteiger partial charge in [0.2, 0.25) is 15.6 Å². The van der Waals surface area contributed by atoms with E-state index >= 15 is 0 Å². The minimum atomic E-state index is -1.84. The van der Waals surface area contributed by atoms with Gasteiger partial charge in [-0.1, -0.05) is 48.1 Å². The maximum atomic E-state index is 12.2. The molecule has 1 atom stereocenters. The summed E-state index contributed by atoms with van der Waals surface area (Å²) in [5, 5.41) is 9.59. The molecule has 0 bridgehead atoms. The van der Waals surface area contributed by atoms with Crippen molar-refractivity contribution >= 4 is 69.2 Å². The Labute approximate surface area is 206 Å². The van der Waals surface area contributed by atoms with Crippen molar-refractivity contribution in [2.75, 3.05) is 24.9 Å². The van der Waals surface area contributed by atoms with Gasteiger partial charge in [-0.25, -0.2) is 0 Å². The molecule has 0 aliphatic carbocycles. The zero-order valence-corrected chi connectivity index (χ0v) is 20.6. The fourth-order valence-electron chi connectivity index (χ4n) is 3.02. The number of unbranched alkanes of at least 4 members (excludes halogenated alkanes) is 1. The maximum absolute atomic E-state index is 12.2. The molecule has 1 unspecified atom stereocenters. The van der Waals surface area contributed by atoms with Crippen molar-refractivity contribution in [1.82, 2.24) is 20.3 Å². The second kappa shape index (κ2) is 11.0. The molecule has 1 aromatic carbocycles. The highest BCUT2D eigenvalue weighted by atomic mass is 35.6. The van der Waals surface area contributed by atoms with Crippen LogP contribution in [0.15, 0.2) is 30.5 Å². The number of alkyl halides is 3. The SMILES string of the molecule is CCCCC(=O)NC(Nc1nc(Nc2cc(OC)cc(OC)c2)c2cc[nH]c2n1)C(Cl)(Cl)Cl. The number of ether oxygens (including phenoxy) is 2. The number of nitrogens with one attached hydrogen (secondary N) is 4. The summed E-state index contributed by atoms with van der Waals surface area (Å²) in [6.45, 7) is 1.99. The van der Waals surface area contributed by atoms with Gasteiger partial charge >= 0.3 is 0 Å². The Morgan fingerprint density at radius 2 is 1.85 bits per heavy atom. The number of fused-ring (bicyclic) bond motifs is 1. The van der Waals surface area contributed by atoms with E-state index in [2.05, 4.69) is 30.9 Å². The number of benzene rings is 1. The van der Waals surface area contributed by atoms with Gasteiger partial charge in [-0.15, -0.1) is 0 Å². The van der Waals surface area contributed by atoms with E-state index in [1.54, 1.807) is 38.6 Å². The molecule has 178 valence electrons. The molecular formula is C21H25Cl3N6O3. The number of aromatic amines is 1. The average Bonchev–Trinajstić information content (AvgIpc) is 3.25. The summed E-state index contributed by atoms with van der Waals surface area (Å²) < 4.78 is 8.82. The van der Waals surface area contributed by atoms with Crippen LogP contribution in [-0.4, -0.2) is 45.0 Å². The summed E-state index contributed by atoms with van der Waals surface area (Å²) in [5.41, 5.74) is 1.23. The Kier molecular flexibility index (Phi) is 8.34. The van der Waals surface area contributed by atoms with Crippen molar-refractivity contribution in [2.45, 2.75) is 36.1 Å². The first-order valence-electron chi connectivity index (χ1n) is 10.2. The number of methoxy groups -OCH3 is 2. The Morgan fingerprint density at radius 1 is 1.15 bits per heavy atom. The highest BCUT2D eigenvalue weighted by Crippen LogP contribution is 2.33. The molecule has 2 heterocycles. The number of rotatable bonds is 10. The van der Waals surface area contributed by atoms with Crippen LogP contribution in [0.2, 0.25) is 0 Å². The molecular weight excluding hydrogens is 491 g/mol. The molecule has 0 aliphatic rings. The number of H-pyrrole nitrogens is 1. The number of nitrogens with zero attached hydrogens (tertiary/aromatic N) is 2. The fourth-order valence-corrected chi connectivity index (χ4v) is 3.34. The molecule has 0 saturated carbocycles. The third kappa shape index (κ3) is 6.69. The maximum Gasteiger partial charge on any atom is 0.228 e. The standard InChI is InChI=1S/C21H25Cl3N6O3/c1-4-5-6-16(31)27-19(21(22,23)24)30-20-28-17-15(7-8-25-17)18(29-20)26-12-9-13(32-2)11-14(10-12)33-3/h7-11,19H,4-6H2,1-3H3,(H,27,31)(H3,25,26,28,29,30). The number of amides is 1. The first kappa shape index (κ1) is 25.0. The van der Waals surface area contributed by atoms with Gasteiger partial charge in [0.05, 0.1) is 19.6 Å². The molecule has 0 fully saturated rings. The molecule has 4 N–H and O–H groups in total. The van der Waals surface area contributed by atoms with Crippen LogP contribution in [0.5, 0.6) is 11.5 Å². The molecule has 0 radical (unpaired) electrons. The number of aromatic nitrogens is 3. The highest BCUT2D eigenvalue weighted by molar-refractivity contribution is 6.68. The lowest BCUT2D eigenvalue weighted by molar-refractivity contribution is -0.121. The molecule has 9 nitrogen and oxygen atoms in total. The lowest BCUT2D eigenvalue weighted by Gasteiger charge is -2.26. The smallest absolute Gasteiger partial charge is 0.228 e. The zero-order valence-electron chi connectivity index (χ0n) is 18.3. The Morgan fingerprint density at radius 3 is 2.45 bits per heavy atom. The van der Waals surface area contributed by atoms with E-state index < -0.39 is 9.96 Å². The monoisotopic (exact) mass is 514 g/mol. The first-order chi connectivity index (χ1) is 15.7. The molecule has 0 spiro atoms. The van der Waals surface area contributed by atoms with Crippen LogP contribution in [0.25, 0.3) is 11.0 Å². The van der Waals surface area contributed by atoms with E-state index in [1.165, 1.54) is 0 Å². The van der Waals surface area contributed by atoms with Gasteiger partial charge in [-0.2, -0.15) is 9.97 Å². The topological polar surface area (TPSA) is 113 Å². The second-order valence-corrected chi connectivity index (χ2v) is 9.52. The zero-order chi connectivity index (χ0) is 24.0. The Bertz CT molecular complexity index is 1080. The second-order valence-electron chi connectivity index (χ2n) is 7.15. The van der Waals surface area contributed by atoms with Crippen LogP contribution in [0, 0.1) is 0 Å². The third-order valence-electron chi connectivity index (χ3n) is 4.69. The lowest BCUT2D eigenvalue weighted by Crippen LogP contribution is -2.49.